The average molecular weight is 411 g/mol. The number of H-pyrrole nitrogens is 1. The number of halogens is 1. The van der Waals surface area contributed by atoms with Crippen LogP contribution in [-0.2, 0) is 14.3 Å². The van der Waals surface area contributed by atoms with Crippen molar-refractivity contribution in [3.63, 3.8) is 0 Å². The number of aromatic amines is 1. The Labute approximate surface area is 166 Å². The second-order valence-corrected chi connectivity index (χ2v) is 8.39. The molecule has 3 fully saturated rings. The monoisotopic (exact) mass is 410 g/mol. The molecule has 3 aliphatic rings. The zero-order chi connectivity index (χ0) is 19.9. The number of methoxy groups -OCH3 is 1. The number of ether oxygens (including phenoxy) is 2. The number of amides is 1. The Kier molecular flexibility index (Phi) is 4.73. The summed E-state index contributed by atoms with van der Waals surface area (Å²) < 4.78 is 10.6. The third-order valence-corrected chi connectivity index (χ3v) is 6.73. The predicted octanol–water partition coefficient (Wildman–Crippen LogP) is 1.60. The molecule has 1 atom stereocenters. The fraction of sp³-hybridized carbons (Fsp3) is 0.667. The second kappa shape index (κ2) is 6.95. The van der Waals surface area contributed by atoms with E-state index in [1.165, 1.54) is 13.3 Å². The summed E-state index contributed by atoms with van der Waals surface area (Å²) in [6.45, 7) is 1.05. The van der Waals surface area contributed by atoms with Crippen molar-refractivity contribution in [3.05, 3.63) is 21.6 Å². The number of anilines is 1. The van der Waals surface area contributed by atoms with Crippen molar-refractivity contribution in [1.82, 2.24) is 15.5 Å². The van der Waals surface area contributed by atoms with E-state index in [2.05, 4.69) is 15.5 Å². The number of aromatic nitrogens is 2. The molecule has 28 heavy (non-hydrogen) atoms. The van der Waals surface area contributed by atoms with Gasteiger partial charge in [-0.2, -0.15) is 5.10 Å². The molecule has 0 spiro atoms. The number of hydrogen-bond donors (Lipinski definition) is 2. The molecule has 1 saturated heterocycles. The van der Waals surface area contributed by atoms with E-state index < -0.39 is 17.1 Å². The van der Waals surface area contributed by atoms with Gasteiger partial charge >= 0.3 is 12.1 Å². The Morgan fingerprint density at radius 2 is 2.11 bits per heavy atom. The molecule has 1 amide bonds. The molecule has 2 heterocycles. The molecule has 1 aromatic rings. The molecule has 4 rings (SSSR count). The fourth-order valence-electron chi connectivity index (χ4n) is 4.91. The molecular formula is C18H23ClN4O5. The van der Waals surface area contributed by atoms with Crippen LogP contribution in [0.25, 0.3) is 0 Å². The number of carbonyl (C=O) groups excluding carboxylic acids is 2. The van der Waals surface area contributed by atoms with Crippen LogP contribution < -0.4 is 15.8 Å². The number of alkyl carbamates (subject to hydrolysis) is 1. The molecule has 2 bridgehead atoms. The van der Waals surface area contributed by atoms with Gasteiger partial charge in [-0.15, -0.1) is 0 Å². The van der Waals surface area contributed by atoms with Crippen molar-refractivity contribution in [2.45, 2.75) is 50.2 Å². The van der Waals surface area contributed by atoms with E-state index in [0.717, 1.165) is 25.7 Å². The van der Waals surface area contributed by atoms with E-state index in [9.17, 15) is 14.4 Å². The summed E-state index contributed by atoms with van der Waals surface area (Å²) in [6, 6.07) is 0. The summed E-state index contributed by atoms with van der Waals surface area (Å²) in [5.74, 6) is -0.184. The predicted molar refractivity (Wildman–Crippen MR) is 100 cm³/mol. The molecule has 1 aromatic heterocycles. The van der Waals surface area contributed by atoms with Crippen molar-refractivity contribution >= 4 is 29.4 Å². The van der Waals surface area contributed by atoms with Gasteiger partial charge in [0.05, 0.1) is 31.0 Å². The molecule has 9 nitrogen and oxygen atoms in total. The van der Waals surface area contributed by atoms with Crippen molar-refractivity contribution in [2.24, 2.45) is 5.41 Å². The lowest BCUT2D eigenvalue weighted by molar-refractivity contribution is -0.152. The number of fused-ring (bicyclic) bond motifs is 2. The topological polar surface area (TPSA) is 114 Å². The normalized spacial score (nSPS) is 31.1. The van der Waals surface area contributed by atoms with Gasteiger partial charge in [-0.05, 0) is 32.1 Å². The van der Waals surface area contributed by atoms with Gasteiger partial charge in [-0.25, -0.2) is 9.89 Å². The Morgan fingerprint density at radius 3 is 2.82 bits per heavy atom. The molecule has 1 aliphatic heterocycles. The highest BCUT2D eigenvalue weighted by molar-refractivity contribution is 6.33. The second-order valence-electron chi connectivity index (χ2n) is 8.01. The van der Waals surface area contributed by atoms with Gasteiger partial charge in [-0.3, -0.25) is 9.59 Å². The molecule has 152 valence electrons. The largest absolute Gasteiger partial charge is 0.469 e. The first-order valence-corrected chi connectivity index (χ1v) is 9.80. The zero-order valence-corrected chi connectivity index (χ0v) is 16.4. The molecule has 2 saturated carbocycles. The Bertz CT molecular complexity index is 849. The number of nitrogens with zero attached hydrogens (tertiary/aromatic N) is 2. The van der Waals surface area contributed by atoms with Crippen LogP contribution >= 0.6 is 11.6 Å². The maximum Gasteiger partial charge on any atom is 0.407 e. The summed E-state index contributed by atoms with van der Waals surface area (Å²) in [6.07, 6.45) is 4.92. The number of rotatable bonds is 4. The van der Waals surface area contributed by atoms with Gasteiger partial charge in [0.25, 0.3) is 5.56 Å². The minimum atomic E-state index is -0.468. The first-order chi connectivity index (χ1) is 13.4. The zero-order valence-electron chi connectivity index (χ0n) is 15.6. The first kappa shape index (κ1) is 19.0. The maximum absolute atomic E-state index is 12.5. The van der Waals surface area contributed by atoms with E-state index in [1.54, 1.807) is 0 Å². The molecule has 2 aliphatic carbocycles. The minimum Gasteiger partial charge on any atom is -0.469 e. The summed E-state index contributed by atoms with van der Waals surface area (Å²) in [5.41, 5.74) is -0.762. The van der Waals surface area contributed by atoms with Crippen LogP contribution in [0.3, 0.4) is 0 Å². The van der Waals surface area contributed by atoms with E-state index in [4.69, 9.17) is 21.1 Å². The Balaban J connectivity index is 1.34. The highest BCUT2D eigenvalue weighted by Gasteiger charge is 2.59. The van der Waals surface area contributed by atoms with Crippen molar-refractivity contribution in [2.75, 3.05) is 25.1 Å². The quantitative estimate of drug-likeness (QED) is 0.724. The third-order valence-electron chi connectivity index (χ3n) is 6.36. The summed E-state index contributed by atoms with van der Waals surface area (Å²) >= 11 is 6.05. The van der Waals surface area contributed by atoms with Gasteiger partial charge in [-0.1, -0.05) is 11.6 Å². The smallest absolute Gasteiger partial charge is 0.407 e. The van der Waals surface area contributed by atoms with Crippen LogP contribution in [0, 0.1) is 5.41 Å². The van der Waals surface area contributed by atoms with Crippen molar-refractivity contribution in [1.29, 1.82) is 0 Å². The standard InChI is InChI=1S/C18H23ClN4O5/c1-27-15(25)17-3-5-18(10-17,6-4-17)21-16(26)28-11-2-7-23(9-11)12-8-20-22-14(24)13(12)19/h8,11H,2-7,9-10H2,1H3,(H,21,26)(H,22,24)/t11-,17?,18?/m1/s1. The van der Waals surface area contributed by atoms with Crippen molar-refractivity contribution < 1.29 is 19.1 Å². The number of carbonyl (C=O) groups is 2. The van der Waals surface area contributed by atoms with Crippen molar-refractivity contribution in [3.8, 4) is 0 Å². The lowest BCUT2D eigenvalue weighted by atomic mass is 9.84. The van der Waals surface area contributed by atoms with Gasteiger partial charge in [0.15, 0.2) is 0 Å². The number of hydrogen-bond acceptors (Lipinski definition) is 7. The molecule has 10 heteroatoms. The van der Waals surface area contributed by atoms with E-state index in [-0.39, 0.29) is 22.6 Å². The van der Waals surface area contributed by atoms with Crippen LogP contribution in [-0.4, -0.2) is 54.1 Å². The molecule has 0 unspecified atom stereocenters. The molecule has 2 N–H and O–H groups in total. The van der Waals surface area contributed by atoms with E-state index in [0.29, 0.717) is 31.6 Å². The Morgan fingerprint density at radius 1 is 1.36 bits per heavy atom. The van der Waals surface area contributed by atoms with E-state index >= 15 is 0 Å². The van der Waals surface area contributed by atoms with Gasteiger partial charge < -0.3 is 19.7 Å². The van der Waals surface area contributed by atoms with Crippen LogP contribution in [0.1, 0.15) is 38.5 Å². The molecular weight excluding hydrogens is 388 g/mol. The van der Waals surface area contributed by atoms with Gasteiger partial charge in [0.1, 0.15) is 11.1 Å². The molecule has 0 aromatic carbocycles. The van der Waals surface area contributed by atoms with Gasteiger partial charge in [0.2, 0.25) is 0 Å². The number of nitrogens with one attached hydrogen (secondary N) is 2. The summed E-state index contributed by atoms with van der Waals surface area (Å²) in [5, 5.41) is 9.15. The van der Waals surface area contributed by atoms with Crippen LogP contribution in [0.5, 0.6) is 0 Å². The highest BCUT2D eigenvalue weighted by Crippen LogP contribution is 2.57. The van der Waals surface area contributed by atoms with Crippen LogP contribution in [0.15, 0.2) is 11.0 Å². The lowest BCUT2D eigenvalue weighted by Crippen LogP contribution is -2.46. The minimum absolute atomic E-state index is 0.0788. The maximum atomic E-state index is 12.5. The highest BCUT2D eigenvalue weighted by atomic mass is 35.5. The van der Waals surface area contributed by atoms with Gasteiger partial charge in [0, 0.05) is 18.5 Å². The number of esters is 1. The SMILES string of the molecule is COC(=O)C12CCC(NC(=O)O[C@@H]3CCN(c4cn[nH]c(=O)c4Cl)C3)(CC1)C2. The average Bonchev–Trinajstić information content (AvgIpc) is 3.37. The summed E-state index contributed by atoms with van der Waals surface area (Å²) in [7, 11) is 1.41. The summed E-state index contributed by atoms with van der Waals surface area (Å²) in [4.78, 5) is 38.1. The van der Waals surface area contributed by atoms with Crippen LogP contribution in [0.2, 0.25) is 5.02 Å². The van der Waals surface area contributed by atoms with Crippen LogP contribution in [0.4, 0.5) is 10.5 Å². The fourth-order valence-corrected chi connectivity index (χ4v) is 5.12. The third kappa shape index (κ3) is 3.21. The van der Waals surface area contributed by atoms with E-state index in [1.807, 2.05) is 4.90 Å². The first-order valence-electron chi connectivity index (χ1n) is 9.42. The lowest BCUT2D eigenvalue weighted by Gasteiger charge is -2.28. The molecule has 0 radical (unpaired) electrons. The Hall–Kier alpha value is -2.29.